The molecule has 0 saturated heterocycles. The number of hydrogen-bond donors (Lipinski definition) is 2. The summed E-state index contributed by atoms with van der Waals surface area (Å²) in [5, 5.41) is 6.46. The predicted molar refractivity (Wildman–Crippen MR) is 98.2 cm³/mol. The van der Waals surface area contributed by atoms with Crippen LogP contribution in [0.25, 0.3) is 0 Å². The normalized spacial score (nSPS) is 13.0. The molecule has 5 heteroatoms. The maximum absolute atomic E-state index is 11.8. The maximum atomic E-state index is 11.8. The highest BCUT2D eigenvalue weighted by Gasteiger charge is 2.17. The van der Waals surface area contributed by atoms with Gasteiger partial charge in [0.2, 0.25) is 0 Å². The molecule has 1 unspecified atom stereocenters. The Morgan fingerprint density at radius 3 is 2.57 bits per heavy atom. The van der Waals surface area contributed by atoms with Crippen molar-refractivity contribution in [3.8, 4) is 0 Å². The molecule has 23 heavy (non-hydrogen) atoms. The van der Waals surface area contributed by atoms with Crippen molar-refractivity contribution in [2.45, 2.75) is 79.0 Å². The van der Waals surface area contributed by atoms with Crippen molar-refractivity contribution in [2.24, 2.45) is 0 Å². The molecule has 0 aromatic carbocycles. The summed E-state index contributed by atoms with van der Waals surface area (Å²) >= 11 is 1.83. The van der Waals surface area contributed by atoms with Gasteiger partial charge in [-0.3, -0.25) is 0 Å². The maximum Gasteiger partial charge on any atom is 0.407 e. The number of nitrogens with one attached hydrogen (secondary N) is 2. The van der Waals surface area contributed by atoms with Crippen LogP contribution in [-0.2, 0) is 11.3 Å². The second kappa shape index (κ2) is 9.28. The largest absolute Gasteiger partial charge is 0.444 e. The summed E-state index contributed by atoms with van der Waals surface area (Å²) in [5.74, 6) is 0. The third-order valence-electron chi connectivity index (χ3n) is 3.52. The monoisotopic (exact) mass is 340 g/mol. The van der Waals surface area contributed by atoms with E-state index in [1.54, 1.807) is 0 Å². The van der Waals surface area contributed by atoms with Crippen LogP contribution in [0.4, 0.5) is 4.79 Å². The number of hydrogen-bond acceptors (Lipinski definition) is 4. The number of thiophene rings is 1. The fourth-order valence-electron chi connectivity index (χ4n) is 2.36. The van der Waals surface area contributed by atoms with Crippen molar-refractivity contribution in [2.75, 3.05) is 6.54 Å². The van der Waals surface area contributed by atoms with Gasteiger partial charge >= 0.3 is 6.09 Å². The molecule has 1 aromatic rings. The Morgan fingerprint density at radius 1 is 1.35 bits per heavy atom. The zero-order valence-electron chi connectivity index (χ0n) is 15.4. The highest BCUT2D eigenvalue weighted by atomic mass is 32.1. The van der Waals surface area contributed by atoms with E-state index in [1.165, 1.54) is 15.3 Å². The first-order valence-electron chi connectivity index (χ1n) is 8.47. The summed E-state index contributed by atoms with van der Waals surface area (Å²) in [5.41, 5.74) is 0.896. The number of alkyl carbamates (subject to hydrolysis) is 1. The standard InChI is InChI=1S/C18H32N2O2S/c1-7-8-9-16(12-20-17(21)22-18(4,5)6)19-11-15-10-13(2)23-14(15)3/h10,16,19H,7-9,11-12H2,1-6H3,(H,20,21). The van der Waals surface area contributed by atoms with Gasteiger partial charge < -0.3 is 15.4 Å². The fraction of sp³-hybridized carbons (Fsp3) is 0.722. The van der Waals surface area contributed by atoms with Crippen LogP contribution in [0.2, 0.25) is 0 Å². The summed E-state index contributed by atoms with van der Waals surface area (Å²) < 4.78 is 5.30. The van der Waals surface area contributed by atoms with Crippen molar-refractivity contribution in [1.82, 2.24) is 10.6 Å². The number of amides is 1. The average molecular weight is 341 g/mol. The number of aryl methyl sites for hydroxylation is 2. The van der Waals surface area contributed by atoms with Crippen molar-refractivity contribution in [3.05, 3.63) is 21.4 Å². The van der Waals surface area contributed by atoms with Crippen molar-refractivity contribution >= 4 is 17.4 Å². The van der Waals surface area contributed by atoms with Crippen LogP contribution in [-0.4, -0.2) is 24.3 Å². The van der Waals surface area contributed by atoms with Gasteiger partial charge in [-0.25, -0.2) is 4.79 Å². The van der Waals surface area contributed by atoms with E-state index < -0.39 is 5.60 Å². The van der Waals surface area contributed by atoms with Gasteiger partial charge in [-0.2, -0.15) is 0 Å². The quantitative estimate of drug-likeness (QED) is 0.730. The summed E-state index contributed by atoms with van der Waals surface area (Å²) in [4.78, 5) is 14.5. The minimum Gasteiger partial charge on any atom is -0.444 e. The van der Waals surface area contributed by atoms with Crippen LogP contribution < -0.4 is 10.6 Å². The molecule has 0 radical (unpaired) electrons. The van der Waals surface area contributed by atoms with Gasteiger partial charge in [0.05, 0.1) is 0 Å². The van der Waals surface area contributed by atoms with Crippen LogP contribution in [0.1, 0.15) is 62.3 Å². The molecule has 1 amide bonds. The van der Waals surface area contributed by atoms with Crippen molar-refractivity contribution in [1.29, 1.82) is 0 Å². The molecule has 2 N–H and O–H groups in total. The molecule has 0 bridgehead atoms. The first kappa shape index (κ1) is 20.0. The third-order valence-corrected chi connectivity index (χ3v) is 4.53. The Morgan fingerprint density at radius 2 is 2.04 bits per heavy atom. The number of unbranched alkanes of at least 4 members (excludes halogenated alkanes) is 1. The Bertz CT molecular complexity index is 492. The van der Waals surface area contributed by atoms with Gasteiger partial charge in [0.25, 0.3) is 0 Å². The van der Waals surface area contributed by atoms with E-state index in [9.17, 15) is 4.79 Å². The lowest BCUT2D eigenvalue weighted by Gasteiger charge is -2.22. The molecular weight excluding hydrogens is 308 g/mol. The minimum absolute atomic E-state index is 0.266. The topological polar surface area (TPSA) is 50.4 Å². The highest BCUT2D eigenvalue weighted by molar-refractivity contribution is 7.12. The number of carbonyl (C=O) groups excluding carboxylic acids is 1. The molecule has 0 aliphatic rings. The van der Waals surface area contributed by atoms with Crippen molar-refractivity contribution < 1.29 is 9.53 Å². The van der Waals surface area contributed by atoms with E-state index in [0.717, 1.165) is 25.8 Å². The molecular formula is C18H32N2O2S. The van der Waals surface area contributed by atoms with E-state index in [1.807, 2.05) is 32.1 Å². The second-order valence-corrected chi connectivity index (χ2v) is 8.50. The summed E-state index contributed by atoms with van der Waals surface area (Å²) in [6, 6.07) is 2.51. The Balaban J connectivity index is 2.48. The van der Waals surface area contributed by atoms with E-state index in [-0.39, 0.29) is 12.1 Å². The molecule has 1 atom stereocenters. The molecule has 4 nitrogen and oxygen atoms in total. The molecule has 0 aliphatic carbocycles. The van der Waals surface area contributed by atoms with Gasteiger partial charge in [0, 0.05) is 28.9 Å². The van der Waals surface area contributed by atoms with Gasteiger partial charge in [0.15, 0.2) is 0 Å². The molecule has 0 aliphatic heterocycles. The van der Waals surface area contributed by atoms with Crippen LogP contribution in [0.15, 0.2) is 6.07 Å². The number of rotatable bonds is 8. The Kier molecular flexibility index (Phi) is 8.06. The lowest BCUT2D eigenvalue weighted by atomic mass is 10.1. The summed E-state index contributed by atoms with van der Waals surface area (Å²) in [7, 11) is 0. The van der Waals surface area contributed by atoms with E-state index in [4.69, 9.17) is 4.74 Å². The summed E-state index contributed by atoms with van der Waals surface area (Å²) in [6.07, 6.45) is 3.01. The molecule has 0 fully saturated rings. The van der Waals surface area contributed by atoms with E-state index in [2.05, 4.69) is 37.5 Å². The van der Waals surface area contributed by atoms with Crippen LogP contribution in [0.3, 0.4) is 0 Å². The van der Waals surface area contributed by atoms with Gasteiger partial charge in [-0.1, -0.05) is 19.8 Å². The molecule has 1 aromatic heterocycles. The van der Waals surface area contributed by atoms with Gasteiger partial charge in [-0.05, 0) is 52.7 Å². The third kappa shape index (κ3) is 8.37. The first-order chi connectivity index (χ1) is 10.7. The number of ether oxygens (including phenoxy) is 1. The lowest BCUT2D eigenvalue weighted by molar-refractivity contribution is 0.0521. The molecule has 1 rings (SSSR count). The average Bonchev–Trinajstić information content (AvgIpc) is 2.74. The summed E-state index contributed by atoms with van der Waals surface area (Å²) in [6.45, 7) is 13.6. The van der Waals surface area contributed by atoms with E-state index in [0.29, 0.717) is 6.54 Å². The Hall–Kier alpha value is -1.07. The smallest absolute Gasteiger partial charge is 0.407 e. The van der Waals surface area contributed by atoms with Crippen LogP contribution in [0.5, 0.6) is 0 Å². The second-order valence-electron chi connectivity index (χ2n) is 7.04. The Labute approximate surface area is 145 Å². The molecule has 0 spiro atoms. The zero-order valence-corrected chi connectivity index (χ0v) is 16.2. The fourth-order valence-corrected chi connectivity index (χ4v) is 3.31. The van der Waals surface area contributed by atoms with Crippen LogP contribution >= 0.6 is 11.3 Å². The first-order valence-corrected chi connectivity index (χ1v) is 9.29. The zero-order chi connectivity index (χ0) is 17.5. The van der Waals surface area contributed by atoms with E-state index >= 15 is 0 Å². The molecule has 1 heterocycles. The highest BCUT2D eigenvalue weighted by Crippen LogP contribution is 2.20. The SMILES string of the molecule is CCCCC(CNC(=O)OC(C)(C)C)NCc1cc(C)sc1C. The predicted octanol–water partition coefficient (Wildman–Crippen LogP) is 4.54. The number of carbonyl (C=O) groups is 1. The molecule has 132 valence electrons. The van der Waals surface area contributed by atoms with Gasteiger partial charge in [-0.15, -0.1) is 11.3 Å². The van der Waals surface area contributed by atoms with Crippen LogP contribution in [0, 0.1) is 13.8 Å². The lowest BCUT2D eigenvalue weighted by Crippen LogP contribution is -2.42. The van der Waals surface area contributed by atoms with Crippen molar-refractivity contribution in [3.63, 3.8) is 0 Å². The molecule has 0 saturated carbocycles. The van der Waals surface area contributed by atoms with Gasteiger partial charge in [0.1, 0.15) is 5.60 Å². The minimum atomic E-state index is -0.457.